The van der Waals surface area contributed by atoms with Gasteiger partial charge in [0.2, 0.25) is 0 Å². The van der Waals surface area contributed by atoms with Gasteiger partial charge in [-0.05, 0) is 31.2 Å². The molecule has 1 unspecified atom stereocenters. The Kier molecular flexibility index (Phi) is 5.03. The average Bonchev–Trinajstić information content (AvgIpc) is 2.45. The van der Waals surface area contributed by atoms with Gasteiger partial charge in [0.05, 0.1) is 18.2 Å². The van der Waals surface area contributed by atoms with Gasteiger partial charge in [0.25, 0.3) is 5.91 Å². The Balaban J connectivity index is 2.81. The first kappa shape index (κ1) is 14.7. The predicted molar refractivity (Wildman–Crippen MR) is 69.2 cm³/mol. The third-order valence-corrected chi connectivity index (χ3v) is 2.52. The summed E-state index contributed by atoms with van der Waals surface area (Å²) in [5.74, 6) is -1.32. The SMILES string of the molecule is CCOC(=O)C(N)C(=O)N(C)c1ccc(C#N)cc1. The van der Waals surface area contributed by atoms with Crippen molar-refractivity contribution < 1.29 is 14.3 Å². The number of anilines is 1. The molecule has 0 fully saturated rings. The van der Waals surface area contributed by atoms with Crippen molar-refractivity contribution in [3.8, 4) is 6.07 Å². The maximum atomic E-state index is 11.9. The van der Waals surface area contributed by atoms with E-state index in [1.54, 1.807) is 31.2 Å². The van der Waals surface area contributed by atoms with Crippen LogP contribution in [0.1, 0.15) is 12.5 Å². The molecule has 0 heterocycles. The van der Waals surface area contributed by atoms with Gasteiger partial charge < -0.3 is 15.4 Å². The quantitative estimate of drug-likeness (QED) is 0.625. The number of nitrogens with two attached hydrogens (primary N) is 1. The van der Waals surface area contributed by atoms with E-state index in [9.17, 15) is 9.59 Å². The zero-order valence-corrected chi connectivity index (χ0v) is 10.8. The van der Waals surface area contributed by atoms with Crippen molar-refractivity contribution in [2.75, 3.05) is 18.6 Å². The maximum absolute atomic E-state index is 11.9. The number of hydrogen-bond donors (Lipinski definition) is 1. The Bertz CT molecular complexity index is 505. The van der Waals surface area contributed by atoms with Crippen molar-refractivity contribution in [1.29, 1.82) is 5.26 Å². The number of nitriles is 1. The summed E-state index contributed by atoms with van der Waals surface area (Å²) in [6.07, 6.45) is 0. The van der Waals surface area contributed by atoms with E-state index in [1.165, 1.54) is 11.9 Å². The highest BCUT2D eigenvalue weighted by Crippen LogP contribution is 2.14. The number of likely N-dealkylation sites (N-methyl/N-ethyl adjacent to an activating group) is 1. The summed E-state index contributed by atoms with van der Waals surface area (Å²) in [4.78, 5) is 24.6. The molecule has 0 saturated heterocycles. The van der Waals surface area contributed by atoms with Crippen LogP contribution >= 0.6 is 0 Å². The molecule has 6 nitrogen and oxygen atoms in total. The number of carbonyl (C=O) groups is 2. The van der Waals surface area contributed by atoms with E-state index in [2.05, 4.69) is 0 Å². The van der Waals surface area contributed by atoms with Gasteiger partial charge >= 0.3 is 5.97 Å². The Morgan fingerprint density at radius 2 is 2.00 bits per heavy atom. The molecule has 1 rings (SSSR count). The first-order chi connectivity index (χ1) is 9.01. The van der Waals surface area contributed by atoms with E-state index >= 15 is 0 Å². The number of carbonyl (C=O) groups excluding carboxylic acids is 2. The molecule has 1 amide bonds. The number of amides is 1. The number of benzene rings is 1. The van der Waals surface area contributed by atoms with E-state index in [0.29, 0.717) is 11.3 Å². The smallest absolute Gasteiger partial charge is 0.332 e. The van der Waals surface area contributed by atoms with Gasteiger partial charge in [0.15, 0.2) is 6.04 Å². The Morgan fingerprint density at radius 1 is 1.42 bits per heavy atom. The highest BCUT2D eigenvalue weighted by atomic mass is 16.5. The fourth-order valence-corrected chi connectivity index (χ4v) is 1.43. The van der Waals surface area contributed by atoms with Crippen LogP contribution in [0.15, 0.2) is 24.3 Å². The van der Waals surface area contributed by atoms with Crippen LogP contribution in [0.2, 0.25) is 0 Å². The monoisotopic (exact) mass is 261 g/mol. The van der Waals surface area contributed by atoms with Gasteiger partial charge in [-0.15, -0.1) is 0 Å². The molecular formula is C13H15N3O3. The maximum Gasteiger partial charge on any atom is 0.332 e. The van der Waals surface area contributed by atoms with Crippen LogP contribution in [0.5, 0.6) is 0 Å². The first-order valence-corrected chi connectivity index (χ1v) is 5.71. The van der Waals surface area contributed by atoms with E-state index in [-0.39, 0.29) is 6.61 Å². The Labute approximate surface area is 111 Å². The number of rotatable bonds is 4. The van der Waals surface area contributed by atoms with Crippen molar-refractivity contribution in [1.82, 2.24) is 0 Å². The van der Waals surface area contributed by atoms with E-state index in [0.717, 1.165) is 0 Å². The van der Waals surface area contributed by atoms with E-state index in [4.69, 9.17) is 15.7 Å². The third-order valence-electron chi connectivity index (χ3n) is 2.52. The van der Waals surface area contributed by atoms with Crippen LogP contribution in [0.4, 0.5) is 5.69 Å². The molecule has 0 radical (unpaired) electrons. The zero-order chi connectivity index (χ0) is 14.4. The highest BCUT2D eigenvalue weighted by Gasteiger charge is 2.27. The fourth-order valence-electron chi connectivity index (χ4n) is 1.43. The lowest BCUT2D eigenvalue weighted by Crippen LogP contribution is -2.47. The lowest BCUT2D eigenvalue weighted by Gasteiger charge is -2.20. The third kappa shape index (κ3) is 3.53. The standard InChI is InChI=1S/C13H15N3O3/c1-3-19-13(18)11(15)12(17)16(2)10-6-4-9(8-14)5-7-10/h4-7,11H,3,15H2,1-2H3. The molecule has 2 N–H and O–H groups in total. The van der Waals surface area contributed by atoms with Gasteiger partial charge in [0, 0.05) is 12.7 Å². The number of hydrogen-bond acceptors (Lipinski definition) is 5. The van der Waals surface area contributed by atoms with E-state index in [1.807, 2.05) is 6.07 Å². The zero-order valence-electron chi connectivity index (χ0n) is 10.8. The van der Waals surface area contributed by atoms with Gasteiger partial charge in [-0.3, -0.25) is 4.79 Å². The first-order valence-electron chi connectivity index (χ1n) is 5.71. The molecule has 0 aliphatic heterocycles. The lowest BCUT2D eigenvalue weighted by molar-refractivity contribution is -0.147. The lowest BCUT2D eigenvalue weighted by atomic mass is 10.2. The van der Waals surface area contributed by atoms with Crippen LogP contribution in [0.3, 0.4) is 0 Å². The summed E-state index contributed by atoms with van der Waals surface area (Å²) in [7, 11) is 1.50. The van der Waals surface area contributed by atoms with Crippen LogP contribution in [0, 0.1) is 11.3 Å². The van der Waals surface area contributed by atoms with Gasteiger partial charge in [-0.25, -0.2) is 4.79 Å². The number of esters is 1. The normalized spacial score (nSPS) is 11.3. The minimum atomic E-state index is -1.35. The Morgan fingerprint density at radius 3 is 2.47 bits per heavy atom. The molecule has 6 heteroatoms. The van der Waals surface area contributed by atoms with Crippen molar-refractivity contribution in [2.24, 2.45) is 5.73 Å². The summed E-state index contributed by atoms with van der Waals surface area (Å²) in [6, 6.07) is 7.00. The second-order valence-electron chi connectivity index (χ2n) is 3.79. The summed E-state index contributed by atoms with van der Waals surface area (Å²) in [5.41, 5.74) is 6.55. The van der Waals surface area contributed by atoms with Crippen molar-refractivity contribution >= 4 is 17.6 Å². The molecule has 100 valence electrons. The topological polar surface area (TPSA) is 96.4 Å². The largest absolute Gasteiger partial charge is 0.464 e. The number of nitrogens with zero attached hydrogens (tertiary/aromatic N) is 2. The van der Waals surface area contributed by atoms with Gasteiger partial charge in [-0.1, -0.05) is 0 Å². The van der Waals surface area contributed by atoms with Crippen molar-refractivity contribution in [3.05, 3.63) is 29.8 Å². The summed E-state index contributed by atoms with van der Waals surface area (Å²) in [6.45, 7) is 1.81. The molecule has 1 atom stereocenters. The van der Waals surface area contributed by atoms with Gasteiger partial charge in [-0.2, -0.15) is 5.26 Å². The second kappa shape index (κ2) is 6.52. The molecule has 0 aliphatic rings. The van der Waals surface area contributed by atoms with Crippen LogP contribution < -0.4 is 10.6 Å². The average molecular weight is 261 g/mol. The van der Waals surface area contributed by atoms with Gasteiger partial charge in [0.1, 0.15) is 0 Å². The predicted octanol–water partition coefficient (Wildman–Crippen LogP) is 0.411. The fraction of sp³-hybridized carbons (Fsp3) is 0.308. The van der Waals surface area contributed by atoms with Crippen LogP contribution in [-0.4, -0.2) is 31.6 Å². The molecule has 1 aromatic carbocycles. The summed E-state index contributed by atoms with van der Waals surface area (Å²) < 4.78 is 4.69. The minimum absolute atomic E-state index is 0.167. The molecule has 0 spiro atoms. The summed E-state index contributed by atoms with van der Waals surface area (Å²) >= 11 is 0. The Hall–Kier alpha value is -2.39. The molecule has 0 aliphatic carbocycles. The van der Waals surface area contributed by atoms with Crippen molar-refractivity contribution in [2.45, 2.75) is 13.0 Å². The minimum Gasteiger partial charge on any atom is -0.464 e. The van der Waals surface area contributed by atoms with E-state index < -0.39 is 17.9 Å². The molecule has 0 aromatic heterocycles. The van der Waals surface area contributed by atoms with Crippen LogP contribution in [-0.2, 0) is 14.3 Å². The van der Waals surface area contributed by atoms with Crippen molar-refractivity contribution in [3.63, 3.8) is 0 Å². The summed E-state index contributed by atoms with van der Waals surface area (Å²) in [5, 5.41) is 8.68. The highest BCUT2D eigenvalue weighted by molar-refractivity contribution is 6.09. The molecular weight excluding hydrogens is 246 g/mol. The second-order valence-corrected chi connectivity index (χ2v) is 3.79. The van der Waals surface area contributed by atoms with Crippen LogP contribution in [0.25, 0.3) is 0 Å². The molecule has 0 saturated carbocycles. The number of ether oxygens (including phenoxy) is 1. The molecule has 1 aromatic rings. The molecule has 19 heavy (non-hydrogen) atoms. The molecule has 0 bridgehead atoms.